The molecule has 2 amide bonds. The first-order valence-electron chi connectivity index (χ1n) is 14.5. The van der Waals surface area contributed by atoms with Gasteiger partial charge in [-0.3, -0.25) is 13.9 Å². The SMILES string of the molecule is Cc1ccc(N(CC(=O)N(Cc2ccccc2)[C@@H](Cc2ccccc2)C(=O)NCC(C)C)S(=O)(=O)c2ccccc2)cc1Cl. The summed E-state index contributed by atoms with van der Waals surface area (Å²) in [6.07, 6.45) is 0.255. The zero-order valence-corrected chi connectivity index (χ0v) is 26.8. The highest BCUT2D eigenvalue weighted by Gasteiger charge is 2.34. The molecule has 4 aromatic rings. The number of hydrogen-bond acceptors (Lipinski definition) is 4. The summed E-state index contributed by atoms with van der Waals surface area (Å²) in [7, 11) is -4.18. The van der Waals surface area contributed by atoms with Gasteiger partial charge in [0.15, 0.2) is 0 Å². The second-order valence-corrected chi connectivity index (χ2v) is 13.4. The highest BCUT2D eigenvalue weighted by atomic mass is 35.5. The Morgan fingerprint density at radius 2 is 1.39 bits per heavy atom. The molecule has 0 aliphatic rings. The van der Waals surface area contributed by atoms with Crippen LogP contribution in [0.5, 0.6) is 0 Å². The van der Waals surface area contributed by atoms with E-state index in [1.54, 1.807) is 36.4 Å². The third-order valence-corrected chi connectivity index (χ3v) is 9.40. The van der Waals surface area contributed by atoms with Crippen LogP contribution in [0.15, 0.2) is 114 Å². The molecule has 44 heavy (non-hydrogen) atoms. The van der Waals surface area contributed by atoms with Gasteiger partial charge in [-0.25, -0.2) is 8.42 Å². The number of hydrogen-bond donors (Lipinski definition) is 1. The molecule has 1 atom stereocenters. The molecular formula is C35H38ClN3O4S. The van der Waals surface area contributed by atoms with Crippen molar-refractivity contribution in [2.75, 3.05) is 17.4 Å². The molecular weight excluding hydrogens is 594 g/mol. The fraction of sp³-hybridized carbons (Fsp3) is 0.257. The molecule has 0 saturated heterocycles. The minimum Gasteiger partial charge on any atom is -0.354 e. The summed E-state index contributed by atoms with van der Waals surface area (Å²) in [5.74, 6) is -0.624. The monoisotopic (exact) mass is 631 g/mol. The van der Waals surface area contributed by atoms with Crippen LogP contribution < -0.4 is 9.62 Å². The van der Waals surface area contributed by atoms with E-state index in [1.165, 1.54) is 17.0 Å². The molecule has 4 rings (SSSR count). The van der Waals surface area contributed by atoms with E-state index in [2.05, 4.69) is 5.32 Å². The summed E-state index contributed by atoms with van der Waals surface area (Å²) in [6, 6.07) is 30.8. The largest absolute Gasteiger partial charge is 0.354 e. The molecule has 0 unspecified atom stereocenters. The van der Waals surface area contributed by atoms with Gasteiger partial charge in [-0.1, -0.05) is 110 Å². The number of amides is 2. The number of nitrogens with one attached hydrogen (secondary N) is 1. The molecule has 9 heteroatoms. The summed E-state index contributed by atoms with van der Waals surface area (Å²) in [5, 5.41) is 3.37. The quantitative estimate of drug-likeness (QED) is 0.189. The van der Waals surface area contributed by atoms with E-state index in [4.69, 9.17) is 11.6 Å². The molecule has 0 radical (unpaired) electrons. The summed E-state index contributed by atoms with van der Waals surface area (Å²) < 4.78 is 29.2. The number of rotatable bonds is 13. The minimum absolute atomic E-state index is 0.0367. The Kier molecular flexibility index (Phi) is 11.2. The van der Waals surface area contributed by atoms with Gasteiger partial charge in [0.25, 0.3) is 10.0 Å². The summed E-state index contributed by atoms with van der Waals surface area (Å²) >= 11 is 6.43. The number of nitrogens with zero attached hydrogens (tertiary/aromatic N) is 2. The fourth-order valence-electron chi connectivity index (χ4n) is 4.74. The second-order valence-electron chi connectivity index (χ2n) is 11.1. The summed E-state index contributed by atoms with van der Waals surface area (Å²) in [5.41, 5.74) is 2.71. The highest BCUT2D eigenvalue weighted by Crippen LogP contribution is 2.29. The van der Waals surface area contributed by atoms with Gasteiger partial charge in [0.1, 0.15) is 12.6 Å². The number of anilines is 1. The molecule has 0 aromatic heterocycles. The van der Waals surface area contributed by atoms with Crippen LogP contribution in [-0.2, 0) is 32.6 Å². The van der Waals surface area contributed by atoms with Crippen LogP contribution in [0.25, 0.3) is 0 Å². The first kappa shape index (κ1) is 32.8. The lowest BCUT2D eigenvalue weighted by Crippen LogP contribution is -2.53. The van der Waals surface area contributed by atoms with Crippen molar-refractivity contribution < 1.29 is 18.0 Å². The van der Waals surface area contributed by atoms with Gasteiger partial charge in [-0.15, -0.1) is 0 Å². The van der Waals surface area contributed by atoms with E-state index < -0.39 is 28.5 Å². The van der Waals surface area contributed by atoms with Crippen molar-refractivity contribution in [3.05, 3.63) is 131 Å². The predicted octanol–water partition coefficient (Wildman–Crippen LogP) is 6.26. The first-order chi connectivity index (χ1) is 21.1. The number of benzene rings is 4. The third kappa shape index (κ3) is 8.49. The van der Waals surface area contributed by atoms with E-state index >= 15 is 0 Å². The van der Waals surface area contributed by atoms with Gasteiger partial charge in [-0.05, 0) is 53.8 Å². The Labute approximate surface area is 265 Å². The molecule has 0 saturated carbocycles. The lowest BCUT2D eigenvalue weighted by atomic mass is 10.0. The molecule has 0 fully saturated rings. The molecule has 230 valence electrons. The smallest absolute Gasteiger partial charge is 0.264 e. The van der Waals surface area contributed by atoms with Crippen molar-refractivity contribution in [1.29, 1.82) is 0 Å². The molecule has 7 nitrogen and oxygen atoms in total. The van der Waals surface area contributed by atoms with Crippen molar-refractivity contribution in [2.24, 2.45) is 5.92 Å². The van der Waals surface area contributed by atoms with Gasteiger partial charge in [-0.2, -0.15) is 0 Å². The van der Waals surface area contributed by atoms with Gasteiger partial charge < -0.3 is 10.2 Å². The van der Waals surface area contributed by atoms with E-state index in [1.807, 2.05) is 81.4 Å². The fourth-order valence-corrected chi connectivity index (χ4v) is 6.34. The van der Waals surface area contributed by atoms with Crippen molar-refractivity contribution >= 4 is 39.1 Å². The first-order valence-corrected chi connectivity index (χ1v) is 16.4. The Balaban J connectivity index is 1.79. The Morgan fingerprint density at radius 1 is 0.818 bits per heavy atom. The summed E-state index contributed by atoms with van der Waals surface area (Å²) in [4.78, 5) is 29.8. The standard InChI is InChI=1S/C35H38ClN3O4S/c1-26(2)23-37-35(41)33(21-28-13-7-4-8-14-28)38(24-29-15-9-5-10-16-29)34(40)25-39(30-20-19-27(3)32(36)22-30)44(42,43)31-17-11-6-12-18-31/h4-20,22,26,33H,21,23-25H2,1-3H3,(H,37,41)/t33-/m0/s1. The molecule has 0 aliphatic carbocycles. The van der Waals surface area contributed by atoms with Crippen LogP contribution >= 0.6 is 11.6 Å². The number of aryl methyl sites for hydroxylation is 1. The van der Waals surface area contributed by atoms with Crippen LogP contribution in [0.4, 0.5) is 5.69 Å². The van der Waals surface area contributed by atoms with E-state index in [9.17, 15) is 18.0 Å². The molecule has 0 spiro atoms. The van der Waals surface area contributed by atoms with Gasteiger partial charge in [0.05, 0.1) is 10.6 Å². The molecule has 0 bridgehead atoms. The average molecular weight is 632 g/mol. The average Bonchev–Trinajstić information content (AvgIpc) is 3.03. The second kappa shape index (κ2) is 15.0. The molecule has 0 aliphatic heterocycles. The number of carbonyl (C=O) groups excluding carboxylic acids is 2. The normalized spacial score (nSPS) is 12.0. The van der Waals surface area contributed by atoms with E-state index in [-0.39, 0.29) is 35.4 Å². The van der Waals surface area contributed by atoms with Crippen molar-refractivity contribution in [3.63, 3.8) is 0 Å². The number of sulfonamides is 1. The van der Waals surface area contributed by atoms with Crippen molar-refractivity contribution in [3.8, 4) is 0 Å². The van der Waals surface area contributed by atoms with Crippen LogP contribution in [-0.4, -0.2) is 44.3 Å². The van der Waals surface area contributed by atoms with Gasteiger partial charge in [0.2, 0.25) is 11.8 Å². The highest BCUT2D eigenvalue weighted by molar-refractivity contribution is 7.92. The molecule has 0 heterocycles. The van der Waals surface area contributed by atoms with Gasteiger partial charge >= 0.3 is 0 Å². The zero-order chi connectivity index (χ0) is 31.7. The lowest BCUT2D eigenvalue weighted by Gasteiger charge is -2.34. The van der Waals surface area contributed by atoms with Gasteiger partial charge in [0, 0.05) is 24.5 Å². The molecule has 1 N–H and O–H groups in total. The van der Waals surface area contributed by atoms with Crippen LogP contribution in [0, 0.1) is 12.8 Å². The van der Waals surface area contributed by atoms with Crippen LogP contribution in [0.3, 0.4) is 0 Å². The summed E-state index contributed by atoms with van der Waals surface area (Å²) in [6.45, 7) is 5.83. The minimum atomic E-state index is -4.18. The Bertz CT molecular complexity index is 1650. The topological polar surface area (TPSA) is 86.8 Å². The van der Waals surface area contributed by atoms with Crippen molar-refractivity contribution in [1.82, 2.24) is 10.2 Å². The molecule has 4 aromatic carbocycles. The lowest BCUT2D eigenvalue weighted by molar-refractivity contribution is -0.140. The third-order valence-electron chi connectivity index (χ3n) is 7.20. The van der Waals surface area contributed by atoms with E-state index in [0.717, 1.165) is 21.0 Å². The maximum atomic E-state index is 14.4. The Hall–Kier alpha value is -4.14. The predicted molar refractivity (Wildman–Crippen MR) is 176 cm³/mol. The number of halogens is 1. The van der Waals surface area contributed by atoms with Crippen molar-refractivity contribution in [2.45, 2.75) is 44.7 Å². The van der Waals surface area contributed by atoms with Crippen LogP contribution in [0.2, 0.25) is 5.02 Å². The Morgan fingerprint density at radius 3 is 1.95 bits per heavy atom. The van der Waals surface area contributed by atoms with Crippen LogP contribution in [0.1, 0.15) is 30.5 Å². The zero-order valence-electron chi connectivity index (χ0n) is 25.2. The number of carbonyl (C=O) groups is 2. The van der Waals surface area contributed by atoms with E-state index in [0.29, 0.717) is 11.6 Å². The maximum absolute atomic E-state index is 14.4. The maximum Gasteiger partial charge on any atom is 0.264 e.